The van der Waals surface area contributed by atoms with Crippen LogP contribution >= 0.6 is 11.8 Å². The average Bonchev–Trinajstić information content (AvgIpc) is 2.95. The number of hydrogen-bond acceptors (Lipinski definition) is 3. The number of urea groups is 1. The average molecular weight is 369 g/mol. The van der Waals surface area contributed by atoms with Crippen molar-refractivity contribution in [3.8, 4) is 0 Å². The Labute approximate surface area is 158 Å². The number of amides is 3. The third-order valence-corrected chi connectivity index (χ3v) is 5.12. The molecule has 1 unspecified atom stereocenters. The monoisotopic (exact) mass is 369 g/mol. The number of nitrogens with one attached hydrogen (secondary N) is 2. The molecule has 2 aromatic carbocycles. The first kappa shape index (κ1) is 18.3. The first-order valence-corrected chi connectivity index (χ1v) is 9.80. The van der Waals surface area contributed by atoms with Gasteiger partial charge in [-0.3, -0.25) is 4.79 Å². The SMILES string of the molecule is CSc1ccc(NC(=O)NC2CCN(c3cc(C)cc(C)c3)C2=O)cc1. The van der Waals surface area contributed by atoms with Gasteiger partial charge >= 0.3 is 6.03 Å². The number of thioether (sulfide) groups is 1. The molecule has 0 saturated carbocycles. The lowest BCUT2D eigenvalue weighted by Gasteiger charge is -2.18. The first-order valence-electron chi connectivity index (χ1n) is 8.57. The Balaban J connectivity index is 1.61. The minimum Gasteiger partial charge on any atom is -0.326 e. The lowest BCUT2D eigenvalue weighted by atomic mass is 10.1. The quantitative estimate of drug-likeness (QED) is 0.802. The second-order valence-electron chi connectivity index (χ2n) is 6.50. The van der Waals surface area contributed by atoms with Crippen molar-refractivity contribution in [2.75, 3.05) is 23.0 Å². The van der Waals surface area contributed by atoms with Gasteiger partial charge in [0.05, 0.1) is 0 Å². The lowest BCUT2D eigenvalue weighted by Crippen LogP contribution is -2.43. The molecule has 1 aliphatic heterocycles. The largest absolute Gasteiger partial charge is 0.326 e. The highest BCUT2D eigenvalue weighted by Crippen LogP contribution is 2.24. The summed E-state index contributed by atoms with van der Waals surface area (Å²) in [4.78, 5) is 27.8. The van der Waals surface area contributed by atoms with Crippen LogP contribution in [0, 0.1) is 13.8 Å². The fourth-order valence-electron chi connectivity index (χ4n) is 3.18. The van der Waals surface area contributed by atoms with Gasteiger partial charge in [0.2, 0.25) is 5.91 Å². The van der Waals surface area contributed by atoms with Crippen LogP contribution in [0.15, 0.2) is 47.4 Å². The van der Waals surface area contributed by atoms with E-state index in [9.17, 15) is 9.59 Å². The Morgan fingerprint density at radius 3 is 2.38 bits per heavy atom. The van der Waals surface area contributed by atoms with E-state index in [1.807, 2.05) is 56.5 Å². The van der Waals surface area contributed by atoms with Crippen LogP contribution in [0.25, 0.3) is 0 Å². The maximum atomic E-state index is 12.7. The van der Waals surface area contributed by atoms with E-state index in [4.69, 9.17) is 0 Å². The Bertz CT molecular complexity index is 800. The molecule has 0 spiro atoms. The van der Waals surface area contributed by atoms with Gasteiger partial charge < -0.3 is 15.5 Å². The van der Waals surface area contributed by atoms with Gasteiger partial charge in [0.15, 0.2) is 0 Å². The maximum absolute atomic E-state index is 12.7. The molecule has 1 aliphatic rings. The van der Waals surface area contributed by atoms with E-state index in [0.717, 1.165) is 21.7 Å². The van der Waals surface area contributed by atoms with Crippen LogP contribution in [0.2, 0.25) is 0 Å². The third kappa shape index (κ3) is 4.19. The van der Waals surface area contributed by atoms with Crippen LogP contribution in [0.5, 0.6) is 0 Å². The number of aryl methyl sites for hydroxylation is 2. The molecule has 136 valence electrons. The predicted molar refractivity (Wildman–Crippen MR) is 107 cm³/mol. The molecule has 26 heavy (non-hydrogen) atoms. The van der Waals surface area contributed by atoms with Crippen molar-refractivity contribution in [3.05, 3.63) is 53.6 Å². The zero-order valence-corrected chi connectivity index (χ0v) is 16.0. The summed E-state index contributed by atoms with van der Waals surface area (Å²) in [7, 11) is 0. The second-order valence-corrected chi connectivity index (χ2v) is 7.38. The molecule has 5 nitrogen and oxygen atoms in total. The fraction of sp³-hybridized carbons (Fsp3) is 0.300. The van der Waals surface area contributed by atoms with Crippen molar-refractivity contribution in [2.24, 2.45) is 0 Å². The van der Waals surface area contributed by atoms with Crippen molar-refractivity contribution in [1.29, 1.82) is 0 Å². The summed E-state index contributed by atoms with van der Waals surface area (Å²) in [6, 6.07) is 12.8. The van der Waals surface area contributed by atoms with Crippen molar-refractivity contribution >= 4 is 35.1 Å². The third-order valence-electron chi connectivity index (χ3n) is 4.38. The molecule has 3 rings (SSSR count). The Hall–Kier alpha value is -2.47. The molecule has 0 aliphatic carbocycles. The van der Waals surface area contributed by atoms with Gasteiger partial charge in [-0.05, 0) is 74.0 Å². The van der Waals surface area contributed by atoms with Gasteiger partial charge in [0.25, 0.3) is 0 Å². The summed E-state index contributed by atoms with van der Waals surface area (Å²) in [5.74, 6) is -0.0668. The molecule has 0 aromatic heterocycles. The Kier molecular flexibility index (Phi) is 5.52. The summed E-state index contributed by atoms with van der Waals surface area (Å²) < 4.78 is 0. The zero-order valence-electron chi connectivity index (χ0n) is 15.2. The van der Waals surface area contributed by atoms with Crippen molar-refractivity contribution < 1.29 is 9.59 Å². The van der Waals surface area contributed by atoms with Crippen molar-refractivity contribution in [3.63, 3.8) is 0 Å². The van der Waals surface area contributed by atoms with Gasteiger partial charge in [-0.15, -0.1) is 11.8 Å². The molecule has 1 atom stereocenters. The molecular formula is C20H23N3O2S. The number of hydrogen-bond donors (Lipinski definition) is 2. The number of benzene rings is 2. The van der Waals surface area contributed by atoms with Gasteiger partial charge in [-0.1, -0.05) is 6.07 Å². The van der Waals surface area contributed by atoms with Crippen LogP contribution in [-0.2, 0) is 4.79 Å². The number of anilines is 2. The molecule has 6 heteroatoms. The number of rotatable bonds is 4. The highest BCUT2D eigenvalue weighted by Gasteiger charge is 2.33. The molecular weight excluding hydrogens is 346 g/mol. The van der Waals surface area contributed by atoms with Gasteiger partial charge in [0, 0.05) is 22.8 Å². The number of nitrogens with zero attached hydrogens (tertiary/aromatic N) is 1. The summed E-state index contributed by atoms with van der Waals surface area (Å²) >= 11 is 1.64. The van der Waals surface area contributed by atoms with E-state index in [0.29, 0.717) is 18.7 Å². The zero-order chi connectivity index (χ0) is 18.7. The molecule has 3 amide bonds. The number of carbonyl (C=O) groups excluding carboxylic acids is 2. The number of carbonyl (C=O) groups is 2. The van der Waals surface area contributed by atoms with E-state index in [1.165, 1.54) is 0 Å². The van der Waals surface area contributed by atoms with E-state index in [2.05, 4.69) is 16.7 Å². The van der Waals surface area contributed by atoms with Gasteiger partial charge in [-0.25, -0.2) is 4.79 Å². The van der Waals surface area contributed by atoms with Crippen LogP contribution in [0.4, 0.5) is 16.2 Å². The molecule has 2 aromatic rings. The van der Waals surface area contributed by atoms with Crippen LogP contribution in [0.3, 0.4) is 0 Å². The first-order chi connectivity index (χ1) is 12.5. The van der Waals surface area contributed by atoms with Crippen LogP contribution < -0.4 is 15.5 Å². The molecule has 0 bridgehead atoms. The fourth-order valence-corrected chi connectivity index (χ4v) is 3.58. The summed E-state index contributed by atoms with van der Waals surface area (Å²) in [5, 5.41) is 5.57. The topological polar surface area (TPSA) is 61.4 Å². The standard InChI is InChI=1S/C20H23N3O2S/c1-13-10-14(2)12-16(11-13)23-9-8-18(19(23)24)22-20(25)21-15-4-6-17(26-3)7-5-15/h4-7,10-12,18H,8-9H2,1-3H3,(H2,21,22,25). The minimum atomic E-state index is -0.499. The smallest absolute Gasteiger partial charge is 0.319 e. The Morgan fingerprint density at radius 1 is 1.12 bits per heavy atom. The summed E-state index contributed by atoms with van der Waals surface area (Å²) in [6.45, 7) is 4.64. The van der Waals surface area contributed by atoms with Crippen LogP contribution in [0.1, 0.15) is 17.5 Å². The molecule has 1 saturated heterocycles. The molecule has 2 N–H and O–H groups in total. The predicted octanol–water partition coefficient (Wildman–Crippen LogP) is 3.95. The second kappa shape index (κ2) is 7.83. The van der Waals surface area contributed by atoms with Gasteiger partial charge in [0.1, 0.15) is 6.04 Å². The van der Waals surface area contributed by atoms with E-state index >= 15 is 0 Å². The van der Waals surface area contributed by atoms with E-state index in [1.54, 1.807) is 16.7 Å². The summed E-state index contributed by atoms with van der Waals surface area (Å²) in [6.07, 6.45) is 2.60. The Morgan fingerprint density at radius 2 is 1.77 bits per heavy atom. The van der Waals surface area contributed by atoms with E-state index in [-0.39, 0.29) is 11.9 Å². The highest BCUT2D eigenvalue weighted by molar-refractivity contribution is 7.98. The highest BCUT2D eigenvalue weighted by atomic mass is 32.2. The summed E-state index contributed by atoms with van der Waals surface area (Å²) in [5.41, 5.74) is 3.84. The van der Waals surface area contributed by atoms with Gasteiger partial charge in [-0.2, -0.15) is 0 Å². The molecule has 0 radical (unpaired) electrons. The maximum Gasteiger partial charge on any atom is 0.319 e. The van der Waals surface area contributed by atoms with Crippen molar-refractivity contribution in [2.45, 2.75) is 31.2 Å². The minimum absolute atomic E-state index is 0.0668. The molecule has 1 heterocycles. The lowest BCUT2D eigenvalue weighted by molar-refractivity contribution is -0.118. The van der Waals surface area contributed by atoms with Crippen molar-refractivity contribution in [1.82, 2.24) is 5.32 Å². The van der Waals surface area contributed by atoms with E-state index < -0.39 is 6.04 Å². The normalized spacial score (nSPS) is 16.7. The van der Waals surface area contributed by atoms with Crippen LogP contribution in [-0.4, -0.2) is 30.8 Å². The molecule has 1 fully saturated rings.